The summed E-state index contributed by atoms with van der Waals surface area (Å²) in [6.07, 6.45) is 3.24. The Morgan fingerprint density at radius 1 is 0.960 bits per heavy atom. The van der Waals surface area contributed by atoms with E-state index in [1.165, 1.54) is 22.5 Å². The first kappa shape index (κ1) is 15.6. The van der Waals surface area contributed by atoms with Gasteiger partial charge < -0.3 is 4.90 Å². The Morgan fingerprint density at radius 3 is 2.60 bits per heavy atom. The summed E-state index contributed by atoms with van der Waals surface area (Å²) >= 11 is 0. The molecule has 1 aliphatic heterocycles. The lowest BCUT2D eigenvalue weighted by Gasteiger charge is -2.35. The molecule has 1 saturated heterocycles. The van der Waals surface area contributed by atoms with Gasteiger partial charge >= 0.3 is 0 Å². The molecule has 0 spiro atoms. The van der Waals surface area contributed by atoms with Crippen molar-refractivity contribution in [3.63, 3.8) is 0 Å². The zero-order valence-corrected chi connectivity index (χ0v) is 14.0. The number of piperazine rings is 1. The monoisotopic (exact) mass is 329 g/mol. The SMILES string of the molecule is N#Cc1cncc(N2CCN(Cc3cccc4ccccc34)CC2)n1. The summed E-state index contributed by atoms with van der Waals surface area (Å²) in [6.45, 7) is 4.70. The van der Waals surface area contributed by atoms with E-state index < -0.39 is 0 Å². The predicted molar refractivity (Wildman–Crippen MR) is 98.2 cm³/mol. The number of fused-ring (bicyclic) bond motifs is 1. The normalized spacial score (nSPS) is 15.2. The Kier molecular flexibility index (Phi) is 4.28. The predicted octanol–water partition coefficient (Wildman–Crippen LogP) is 2.82. The van der Waals surface area contributed by atoms with E-state index in [-0.39, 0.29) is 0 Å². The number of aromatic nitrogens is 2. The largest absolute Gasteiger partial charge is 0.353 e. The molecule has 2 aromatic carbocycles. The van der Waals surface area contributed by atoms with Crippen molar-refractivity contribution in [1.29, 1.82) is 5.26 Å². The van der Waals surface area contributed by atoms with Crippen molar-refractivity contribution in [1.82, 2.24) is 14.9 Å². The minimum atomic E-state index is 0.371. The van der Waals surface area contributed by atoms with Gasteiger partial charge in [0, 0.05) is 32.7 Å². The lowest BCUT2D eigenvalue weighted by Crippen LogP contribution is -2.46. The van der Waals surface area contributed by atoms with Crippen molar-refractivity contribution in [2.24, 2.45) is 0 Å². The van der Waals surface area contributed by atoms with E-state index >= 15 is 0 Å². The molecule has 0 N–H and O–H groups in total. The van der Waals surface area contributed by atoms with E-state index in [0.29, 0.717) is 5.69 Å². The van der Waals surface area contributed by atoms with Crippen LogP contribution in [0.25, 0.3) is 10.8 Å². The van der Waals surface area contributed by atoms with Gasteiger partial charge in [-0.2, -0.15) is 5.26 Å². The first-order valence-corrected chi connectivity index (χ1v) is 8.49. The van der Waals surface area contributed by atoms with E-state index in [2.05, 4.69) is 68.3 Å². The summed E-state index contributed by atoms with van der Waals surface area (Å²) in [7, 11) is 0. The minimum absolute atomic E-state index is 0.371. The molecule has 124 valence electrons. The molecular weight excluding hydrogens is 310 g/mol. The maximum absolute atomic E-state index is 8.97. The van der Waals surface area contributed by atoms with Crippen LogP contribution in [0.4, 0.5) is 5.82 Å². The molecule has 2 heterocycles. The lowest BCUT2D eigenvalue weighted by molar-refractivity contribution is 0.250. The minimum Gasteiger partial charge on any atom is -0.353 e. The Hall–Kier alpha value is -2.97. The number of nitrogens with zero attached hydrogens (tertiary/aromatic N) is 5. The van der Waals surface area contributed by atoms with Gasteiger partial charge in [-0.3, -0.25) is 9.88 Å². The van der Waals surface area contributed by atoms with Crippen LogP contribution in [0.1, 0.15) is 11.3 Å². The molecular formula is C20H19N5. The highest BCUT2D eigenvalue weighted by molar-refractivity contribution is 5.85. The maximum Gasteiger partial charge on any atom is 0.161 e. The first-order chi connectivity index (χ1) is 12.3. The third-order valence-corrected chi connectivity index (χ3v) is 4.71. The van der Waals surface area contributed by atoms with Gasteiger partial charge in [0.05, 0.1) is 12.4 Å². The molecule has 1 aliphatic rings. The van der Waals surface area contributed by atoms with Crippen molar-refractivity contribution < 1.29 is 0 Å². The number of hydrogen-bond acceptors (Lipinski definition) is 5. The van der Waals surface area contributed by atoms with Crippen molar-refractivity contribution in [3.8, 4) is 6.07 Å². The van der Waals surface area contributed by atoms with E-state index in [0.717, 1.165) is 38.5 Å². The van der Waals surface area contributed by atoms with Gasteiger partial charge in [-0.1, -0.05) is 42.5 Å². The van der Waals surface area contributed by atoms with Gasteiger partial charge in [-0.15, -0.1) is 0 Å². The number of benzene rings is 2. The molecule has 0 amide bonds. The summed E-state index contributed by atoms with van der Waals surface area (Å²) in [6, 6.07) is 17.1. The average molecular weight is 329 g/mol. The van der Waals surface area contributed by atoms with Crippen LogP contribution in [0, 0.1) is 11.3 Å². The van der Waals surface area contributed by atoms with Crippen molar-refractivity contribution >= 4 is 16.6 Å². The quantitative estimate of drug-likeness (QED) is 0.739. The zero-order chi connectivity index (χ0) is 17.1. The molecule has 0 radical (unpaired) electrons. The fraction of sp³-hybridized carbons (Fsp3) is 0.250. The second-order valence-electron chi connectivity index (χ2n) is 6.28. The number of hydrogen-bond donors (Lipinski definition) is 0. The standard InChI is InChI=1S/C20H19N5/c21-12-18-13-22-14-20(23-18)25-10-8-24(9-11-25)15-17-6-3-5-16-4-1-2-7-19(16)17/h1-7,13-14H,8-11,15H2. The fourth-order valence-electron chi connectivity index (χ4n) is 3.37. The van der Waals surface area contributed by atoms with Crippen LogP contribution in [0.3, 0.4) is 0 Å². The molecule has 3 aromatic rings. The molecule has 1 aromatic heterocycles. The Labute approximate surface area is 147 Å². The van der Waals surface area contributed by atoms with Crippen LogP contribution in [-0.4, -0.2) is 41.0 Å². The van der Waals surface area contributed by atoms with Gasteiger partial charge in [-0.25, -0.2) is 4.98 Å². The van der Waals surface area contributed by atoms with Crippen molar-refractivity contribution in [2.75, 3.05) is 31.1 Å². The topological polar surface area (TPSA) is 56.1 Å². The maximum atomic E-state index is 8.97. The first-order valence-electron chi connectivity index (χ1n) is 8.49. The summed E-state index contributed by atoms with van der Waals surface area (Å²) in [4.78, 5) is 13.1. The summed E-state index contributed by atoms with van der Waals surface area (Å²) < 4.78 is 0. The number of anilines is 1. The second kappa shape index (κ2) is 6.88. The van der Waals surface area contributed by atoms with Crippen LogP contribution >= 0.6 is 0 Å². The highest BCUT2D eigenvalue weighted by Gasteiger charge is 2.19. The molecule has 0 atom stereocenters. The van der Waals surface area contributed by atoms with Gasteiger partial charge in [0.2, 0.25) is 0 Å². The van der Waals surface area contributed by atoms with Crippen LogP contribution in [0.2, 0.25) is 0 Å². The number of nitriles is 1. The van der Waals surface area contributed by atoms with Gasteiger partial charge in [0.25, 0.3) is 0 Å². The van der Waals surface area contributed by atoms with Crippen LogP contribution < -0.4 is 4.90 Å². The van der Waals surface area contributed by atoms with Crippen molar-refractivity contribution in [3.05, 3.63) is 66.1 Å². The third kappa shape index (κ3) is 3.30. The fourth-order valence-corrected chi connectivity index (χ4v) is 3.37. The van der Waals surface area contributed by atoms with Gasteiger partial charge in [0.1, 0.15) is 11.9 Å². The average Bonchev–Trinajstić information content (AvgIpc) is 2.69. The van der Waals surface area contributed by atoms with Crippen LogP contribution in [-0.2, 0) is 6.54 Å². The Bertz CT molecular complexity index is 917. The molecule has 0 aliphatic carbocycles. The Balaban J connectivity index is 1.44. The lowest BCUT2D eigenvalue weighted by atomic mass is 10.0. The molecule has 25 heavy (non-hydrogen) atoms. The van der Waals surface area contributed by atoms with Crippen LogP contribution in [0.15, 0.2) is 54.9 Å². The van der Waals surface area contributed by atoms with E-state index in [1.807, 2.05) is 0 Å². The molecule has 0 bridgehead atoms. The molecule has 0 saturated carbocycles. The van der Waals surface area contributed by atoms with Crippen LogP contribution in [0.5, 0.6) is 0 Å². The summed E-state index contributed by atoms with van der Waals surface area (Å²) in [5.74, 6) is 0.795. The van der Waals surface area contributed by atoms with E-state index in [4.69, 9.17) is 5.26 Å². The molecule has 1 fully saturated rings. The summed E-state index contributed by atoms with van der Waals surface area (Å²) in [5, 5.41) is 11.6. The smallest absolute Gasteiger partial charge is 0.161 e. The number of rotatable bonds is 3. The highest BCUT2D eigenvalue weighted by Crippen LogP contribution is 2.21. The van der Waals surface area contributed by atoms with Crippen molar-refractivity contribution in [2.45, 2.75) is 6.54 Å². The van der Waals surface area contributed by atoms with Gasteiger partial charge in [-0.05, 0) is 16.3 Å². The van der Waals surface area contributed by atoms with E-state index in [1.54, 1.807) is 6.20 Å². The van der Waals surface area contributed by atoms with E-state index in [9.17, 15) is 0 Å². The molecule has 0 unspecified atom stereocenters. The highest BCUT2D eigenvalue weighted by atomic mass is 15.3. The zero-order valence-electron chi connectivity index (χ0n) is 14.0. The Morgan fingerprint density at radius 2 is 1.76 bits per heavy atom. The second-order valence-corrected chi connectivity index (χ2v) is 6.28. The molecule has 5 heteroatoms. The molecule has 5 nitrogen and oxygen atoms in total. The third-order valence-electron chi connectivity index (χ3n) is 4.71. The van der Waals surface area contributed by atoms with Gasteiger partial charge in [0.15, 0.2) is 5.69 Å². The summed E-state index contributed by atoms with van der Waals surface area (Å²) in [5.41, 5.74) is 1.74. The molecule has 4 rings (SSSR count).